The van der Waals surface area contributed by atoms with E-state index in [0.29, 0.717) is 30.0 Å². The molecule has 0 unspecified atom stereocenters. The van der Waals surface area contributed by atoms with Crippen molar-refractivity contribution in [1.29, 1.82) is 0 Å². The van der Waals surface area contributed by atoms with Crippen molar-refractivity contribution in [2.75, 3.05) is 5.32 Å². The zero-order valence-corrected chi connectivity index (χ0v) is 18.9. The van der Waals surface area contributed by atoms with E-state index in [0.717, 1.165) is 22.0 Å². The Bertz CT molecular complexity index is 1240. The second kappa shape index (κ2) is 10.6. The van der Waals surface area contributed by atoms with E-state index >= 15 is 0 Å². The molecular formula is C26H23N3O3S. The number of hydrogen-bond donors (Lipinski definition) is 2. The van der Waals surface area contributed by atoms with Gasteiger partial charge in [0.15, 0.2) is 0 Å². The third kappa shape index (κ3) is 6.27. The first-order chi connectivity index (χ1) is 16.1. The molecule has 0 spiro atoms. The standard InChI is InChI=1S/C26H23N3O3S/c1-18-28-23(17-33-18)16-32-24-12-10-20(11-13-24)25(30)27-15-19-6-5-7-21(14-19)26(31)29-22-8-3-2-4-9-22/h2-14,17H,15-16H2,1H3,(H,27,30)(H,29,31). The number of nitrogens with zero attached hydrogens (tertiary/aromatic N) is 1. The normalized spacial score (nSPS) is 10.5. The van der Waals surface area contributed by atoms with Crippen LogP contribution in [0.3, 0.4) is 0 Å². The molecule has 0 aliphatic rings. The second-order valence-corrected chi connectivity index (χ2v) is 8.44. The Hall–Kier alpha value is -3.97. The summed E-state index contributed by atoms with van der Waals surface area (Å²) >= 11 is 1.59. The molecule has 0 bridgehead atoms. The van der Waals surface area contributed by atoms with Crippen molar-refractivity contribution in [3.8, 4) is 5.75 Å². The van der Waals surface area contributed by atoms with E-state index in [1.807, 2.05) is 48.7 Å². The fourth-order valence-corrected chi connectivity index (χ4v) is 3.76. The summed E-state index contributed by atoms with van der Waals surface area (Å²) in [6.45, 7) is 2.66. The van der Waals surface area contributed by atoms with Crippen molar-refractivity contribution in [2.24, 2.45) is 0 Å². The fourth-order valence-electron chi connectivity index (χ4n) is 3.17. The number of para-hydroxylation sites is 1. The molecule has 2 N–H and O–H groups in total. The maximum atomic E-state index is 12.5. The molecular weight excluding hydrogens is 434 g/mol. The molecule has 0 aliphatic carbocycles. The van der Waals surface area contributed by atoms with E-state index in [4.69, 9.17) is 4.74 Å². The Morgan fingerprint density at radius 2 is 1.70 bits per heavy atom. The lowest BCUT2D eigenvalue weighted by Gasteiger charge is -2.09. The maximum absolute atomic E-state index is 12.5. The molecule has 3 aromatic carbocycles. The van der Waals surface area contributed by atoms with Crippen LogP contribution in [0.15, 0.2) is 84.2 Å². The van der Waals surface area contributed by atoms with Gasteiger partial charge in [0.2, 0.25) is 0 Å². The van der Waals surface area contributed by atoms with E-state index in [1.165, 1.54) is 0 Å². The average molecular weight is 458 g/mol. The lowest BCUT2D eigenvalue weighted by molar-refractivity contribution is 0.0950. The molecule has 0 atom stereocenters. The van der Waals surface area contributed by atoms with Crippen LogP contribution < -0.4 is 15.4 Å². The first kappa shape index (κ1) is 22.2. The van der Waals surface area contributed by atoms with Gasteiger partial charge in [-0.15, -0.1) is 11.3 Å². The molecule has 0 radical (unpaired) electrons. The second-order valence-electron chi connectivity index (χ2n) is 7.37. The molecule has 7 heteroatoms. The van der Waals surface area contributed by atoms with Gasteiger partial charge in [-0.1, -0.05) is 30.3 Å². The number of anilines is 1. The summed E-state index contributed by atoms with van der Waals surface area (Å²) in [5.41, 5.74) is 3.52. The minimum absolute atomic E-state index is 0.197. The van der Waals surface area contributed by atoms with Gasteiger partial charge < -0.3 is 15.4 Å². The molecule has 2 amide bonds. The van der Waals surface area contributed by atoms with Gasteiger partial charge in [-0.2, -0.15) is 0 Å². The molecule has 4 aromatic rings. The van der Waals surface area contributed by atoms with Gasteiger partial charge >= 0.3 is 0 Å². The minimum Gasteiger partial charge on any atom is -0.487 e. The van der Waals surface area contributed by atoms with Crippen molar-refractivity contribution in [2.45, 2.75) is 20.1 Å². The number of rotatable bonds is 8. The smallest absolute Gasteiger partial charge is 0.255 e. The predicted octanol–water partition coefficient (Wildman–Crippen LogP) is 5.21. The summed E-state index contributed by atoms with van der Waals surface area (Å²) < 4.78 is 5.72. The number of carbonyl (C=O) groups is 2. The molecule has 0 aliphatic heterocycles. The third-order valence-corrected chi connectivity index (χ3v) is 5.67. The number of carbonyl (C=O) groups excluding carboxylic acids is 2. The number of ether oxygens (including phenoxy) is 1. The van der Waals surface area contributed by atoms with Gasteiger partial charge in [0, 0.05) is 28.7 Å². The Balaban J connectivity index is 1.30. The Morgan fingerprint density at radius 1 is 0.909 bits per heavy atom. The largest absolute Gasteiger partial charge is 0.487 e. The predicted molar refractivity (Wildman–Crippen MR) is 130 cm³/mol. The summed E-state index contributed by atoms with van der Waals surface area (Å²) in [7, 11) is 0. The SMILES string of the molecule is Cc1nc(COc2ccc(C(=O)NCc3cccc(C(=O)Nc4ccccc4)c3)cc2)cs1. The monoisotopic (exact) mass is 457 g/mol. The molecule has 1 heterocycles. The number of hydrogen-bond acceptors (Lipinski definition) is 5. The lowest BCUT2D eigenvalue weighted by Crippen LogP contribution is -2.23. The fraction of sp³-hybridized carbons (Fsp3) is 0.115. The van der Waals surface area contributed by atoms with Crippen molar-refractivity contribution in [1.82, 2.24) is 10.3 Å². The summed E-state index contributed by atoms with van der Waals surface area (Å²) in [4.78, 5) is 29.4. The highest BCUT2D eigenvalue weighted by Crippen LogP contribution is 2.16. The van der Waals surface area contributed by atoms with E-state index < -0.39 is 0 Å². The number of benzene rings is 3. The zero-order chi connectivity index (χ0) is 23.0. The van der Waals surface area contributed by atoms with Crippen LogP contribution in [0.25, 0.3) is 0 Å². The van der Waals surface area contributed by atoms with Gasteiger partial charge in [-0.25, -0.2) is 4.98 Å². The van der Waals surface area contributed by atoms with Gasteiger partial charge in [0.05, 0.1) is 10.7 Å². The zero-order valence-electron chi connectivity index (χ0n) is 18.1. The third-order valence-electron chi connectivity index (χ3n) is 4.84. The van der Waals surface area contributed by atoms with Crippen molar-refractivity contribution >= 4 is 28.8 Å². The number of amides is 2. The number of aromatic nitrogens is 1. The first-order valence-corrected chi connectivity index (χ1v) is 11.3. The van der Waals surface area contributed by atoms with Crippen LogP contribution in [0, 0.1) is 6.92 Å². The van der Waals surface area contributed by atoms with Crippen molar-refractivity contribution in [3.63, 3.8) is 0 Å². The highest BCUT2D eigenvalue weighted by atomic mass is 32.1. The molecule has 0 saturated carbocycles. The summed E-state index contributed by atoms with van der Waals surface area (Å²) in [5.74, 6) is 0.280. The van der Waals surface area contributed by atoms with Crippen LogP contribution in [-0.4, -0.2) is 16.8 Å². The Labute approximate surface area is 196 Å². The maximum Gasteiger partial charge on any atom is 0.255 e. The van der Waals surface area contributed by atoms with Gasteiger partial charge in [0.25, 0.3) is 11.8 Å². The Kier molecular flexibility index (Phi) is 7.12. The van der Waals surface area contributed by atoms with Crippen molar-refractivity contribution < 1.29 is 14.3 Å². The van der Waals surface area contributed by atoms with Crippen LogP contribution in [0.5, 0.6) is 5.75 Å². The molecule has 0 saturated heterocycles. The molecule has 6 nitrogen and oxygen atoms in total. The van der Waals surface area contributed by atoms with Crippen molar-refractivity contribution in [3.05, 3.63) is 112 Å². The molecule has 166 valence electrons. The van der Waals surface area contributed by atoms with Gasteiger partial charge in [0.1, 0.15) is 12.4 Å². The van der Waals surface area contributed by atoms with E-state index in [1.54, 1.807) is 53.8 Å². The summed E-state index contributed by atoms with van der Waals surface area (Å²) in [6.07, 6.45) is 0. The van der Waals surface area contributed by atoms with Crippen LogP contribution in [-0.2, 0) is 13.2 Å². The van der Waals surface area contributed by atoms with Gasteiger partial charge in [-0.05, 0) is 61.0 Å². The number of thiazole rings is 1. The number of nitrogens with one attached hydrogen (secondary N) is 2. The first-order valence-electron chi connectivity index (χ1n) is 10.4. The topological polar surface area (TPSA) is 80.3 Å². The number of aryl methyl sites for hydroxylation is 1. The molecule has 33 heavy (non-hydrogen) atoms. The van der Waals surface area contributed by atoms with Crippen LogP contribution in [0.2, 0.25) is 0 Å². The van der Waals surface area contributed by atoms with E-state index in [9.17, 15) is 9.59 Å². The van der Waals surface area contributed by atoms with Crippen LogP contribution in [0.4, 0.5) is 5.69 Å². The highest BCUT2D eigenvalue weighted by molar-refractivity contribution is 7.09. The minimum atomic E-state index is -0.198. The molecule has 0 fully saturated rings. The lowest BCUT2D eigenvalue weighted by atomic mass is 10.1. The summed E-state index contributed by atoms with van der Waals surface area (Å²) in [5, 5.41) is 8.73. The molecule has 1 aromatic heterocycles. The van der Waals surface area contributed by atoms with E-state index in [2.05, 4.69) is 15.6 Å². The highest BCUT2D eigenvalue weighted by Gasteiger charge is 2.09. The average Bonchev–Trinajstić information content (AvgIpc) is 3.27. The van der Waals surface area contributed by atoms with Crippen LogP contribution >= 0.6 is 11.3 Å². The Morgan fingerprint density at radius 3 is 2.42 bits per heavy atom. The van der Waals surface area contributed by atoms with Crippen LogP contribution in [0.1, 0.15) is 37.0 Å². The summed E-state index contributed by atoms with van der Waals surface area (Å²) in [6, 6.07) is 23.5. The quantitative estimate of drug-likeness (QED) is 0.381. The van der Waals surface area contributed by atoms with Gasteiger partial charge in [-0.3, -0.25) is 9.59 Å². The van der Waals surface area contributed by atoms with E-state index in [-0.39, 0.29) is 11.8 Å². The molecule has 4 rings (SSSR count).